The van der Waals surface area contributed by atoms with Gasteiger partial charge in [0.1, 0.15) is 0 Å². The van der Waals surface area contributed by atoms with Gasteiger partial charge in [-0.05, 0) is 19.3 Å². The predicted molar refractivity (Wildman–Crippen MR) is 38.4 cm³/mol. The summed E-state index contributed by atoms with van der Waals surface area (Å²) in [6.07, 6.45) is 3.07. The van der Waals surface area contributed by atoms with Crippen LogP contribution in [0.2, 0.25) is 0 Å². The van der Waals surface area contributed by atoms with E-state index < -0.39 is 6.03 Å². The lowest BCUT2D eigenvalue weighted by molar-refractivity contribution is 0.188. The molecule has 0 aromatic rings. The lowest BCUT2D eigenvalue weighted by Crippen LogP contribution is -2.59. The molecule has 0 saturated heterocycles. The highest BCUT2D eigenvalue weighted by Crippen LogP contribution is 2.30. The molecule has 0 bridgehead atoms. The van der Waals surface area contributed by atoms with Gasteiger partial charge in [0.2, 0.25) is 0 Å². The Balaban J connectivity index is 2.40. The van der Waals surface area contributed by atoms with Gasteiger partial charge >= 0.3 is 6.03 Å². The zero-order chi connectivity index (χ0) is 7.61. The van der Waals surface area contributed by atoms with Crippen LogP contribution in [0.25, 0.3) is 0 Å². The molecule has 1 aliphatic carbocycles. The Morgan fingerprint density at radius 2 is 2.20 bits per heavy atom. The summed E-state index contributed by atoms with van der Waals surface area (Å²) in [4.78, 5) is 10.4. The molecule has 5 N–H and O–H groups in total. The molecule has 1 rings (SSSR count). The Bertz CT molecular complexity index is 136. The van der Waals surface area contributed by atoms with Crippen LogP contribution in [0.3, 0.4) is 0 Å². The van der Waals surface area contributed by atoms with Crippen LogP contribution in [-0.4, -0.2) is 18.1 Å². The Labute approximate surface area is 59.9 Å². The van der Waals surface area contributed by atoms with Crippen LogP contribution in [0.4, 0.5) is 4.79 Å². The number of amides is 2. The summed E-state index contributed by atoms with van der Waals surface area (Å²) >= 11 is 0. The maximum absolute atomic E-state index is 10.4. The van der Waals surface area contributed by atoms with Gasteiger partial charge in [-0.3, -0.25) is 0 Å². The van der Waals surface area contributed by atoms with Crippen LogP contribution < -0.4 is 16.8 Å². The second-order valence-corrected chi connectivity index (χ2v) is 2.83. The van der Waals surface area contributed by atoms with E-state index in [2.05, 4.69) is 5.32 Å². The van der Waals surface area contributed by atoms with E-state index in [0.29, 0.717) is 6.54 Å². The lowest BCUT2D eigenvalue weighted by Gasteiger charge is -2.40. The highest BCUT2D eigenvalue weighted by Gasteiger charge is 2.36. The number of nitrogens with one attached hydrogen (secondary N) is 1. The van der Waals surface area contributed by atoms with Gasteiger partial charge in [-0.25, -0.2) is 4.79 Å². The van der Waals surface area contributed by atoms with Gasteiger partial charge in [-0.15, -0.1) is 0 Å². The number of carbonyl (C=O) groups is 1. The van der Waals surface area contributed by atoms with Crippen molar-refractivity contribution in [2.45, 2.75) is 24.8 Å². The molecular weight excluding hydrogens is 130 g/mol. The summed E-state index contributed by atoms with van der Waals surface area (Å²) in [6, 6.07) is -0.467. The minimum Gasteiger partial charge on any atom is -0.352 e. The molecular formula is C6H13N3O. The molecule has 4 nitrogen and oxygen atoms in total. The quantitative estimate of drug-likeness (QED) is 0.488. The zero-order valence-electron chi connectivity index (χ0n) is 5.89. The zero-order valence-corrected chi connectivity index (χ0v) is 5.89. The van der Waals surface area contributed by atoms with E-state index in [1.54, 1.807) is 0 Å². The molecule has 58 valence electrons. The molecule has 0 aromatic carbocycles. The number of carbonyl (C=O) groups excluding carboxylic acids is 1. The van der Waals surface area contributed by atoms with Gasteiger partial charge < -0.3 is 16.8 Å². The molecule has 0 radical (unpaired) electrons. The summed E-state index contributed by atoms with van der Waals surface area (Å²) in [6.45, 7) is 0.496. The molecule has 0 atom stereocenters. The van der Waals surface area contributed by atoms with E-state index in [0.717, 1.165) is 19.3 Å². The molecule has 1 fully saturated rings. The second kappa shape index (κ2) is 2.46. The number of hydrogen-bond acceptors (Lipinski definition) is 2. The molecule has 0 aliphatic heterocycles. The SMILES string of the molecule is NCC1(NC(N)=O)CCC1. The van der Waals surface area contributed by atoms with Crippen molar-refractivity contribution in [2.24, 2.45) is 11.5 Å². The monoisotopic (exact) mass is 143 g/mol. The van der Waals surface area contributed by atoms with Gasteiger partial charge in [-0.2, -0.15) is 0 Å². The van der Waals surface area contributed by atoms with Gasteiger partial charge in [-0.1, -0.05) is 0 Å². The number of rotatable bonds is 2. The third-order valence-corrected chi connectivity index (χ3v) is 2.09. The fourth-order valence-corrected chi connectivity index (χ4v) is 1.25. The number of hydrogen-bond donors (Lipinski definition) is 3. The number of urea groups is 1. The molecule has 0 spiro atoms. The third kappa shape index (κ3) is 1.21. The van der Waals surface area contributed by atoms with Crippen LogP contribution in [0.15, 0.2) is 0 Å². The Morgan fingerprint density at radius 3 is 2.30 bits per heavy atom. The highest BCUT2D eigenvalue weighted by molar-refractivity contribution is 5.72. The molecule has 10 heavy (non-hydrogen) atoms. The maximum atomic E-state index is 10.4. The molecule has 1 aliphatic rings. The van der Waals surface area contributed by atoms with Crippen LogP contribution in [-0.2, 0) is 0 Å². The van der Waals surface area contributed by atoms with Crippen molar-refractivity contribution in [3.8, 4) is 0 Å². The summed E-state index contributed by atoms with van der Waals surface area (Å²) in [5.74, 6) is 0. The second-order valence-electron chi connectivity index (χ2n) is 2.83. The summed E-state index contributed by atoms with van der Waals surface area (Å²) in [5.41, 5.74) is 10.2. The van der Waals surface area contributed by atoms with Crippen molar-refractivity contribution in [2.75, 3.05) is 6.54 Å². The van der Waals surface area contributed by atoms with Gasteiger partial charge in [0.05, 0.1) is 5.54 Å². The first-order valence-corrected chi connectivity index (χ1v) is 3.46. The van der Waals surface area contributed by atoms with E-state index in [4.69, 9.17) is 11.5 Å². The van der Waals surface area contributed by atoms with Crippen LogP contribution in [0.5, 0.6) is 0 Å². The number of primary amides is 1. The largest absolute Gasteiger partial charge is 0.352 e. The molecule has 0 aromatic heterocycles. The Hall–Kier alpha value is -0.770. The predicted octanol–water partition coefficient (Wildman–Crippen LogP) is -0.464. The fraction of sp³-hybridized carbons (Fsp3) is 0.833. The summed E-state index contributed by atoms with van der Waals surface area (Å²) in [7, 11) is 0. The van der Waals surface area contributed by atoms with E-state index in [1.807, 2.05) is 0 Å². The normalized spacial score (nSPS) is 21.3. The van der Waals surface area contributed by atoms with E-state index in [-0.39, 0.29) is 5.54 Å². The topological polar surface area (TPSA) is 81.1 Å². The summed E-state index contributed by atoms with van der Waals surface area (Å²) in [5, 5.41) is 2.66. The average Bonchev–Trinajstić information content (AvgIpc) is 1.78. The van der Waals surface area contributed by atoms with Crippen molar-refractivity contribution >= 4 is 6.03 Å². The first-order chi connectivity index (χ1) is 4.68. The van der Waals surface area contributed by atoms with Crippen LogP contribution >= 0.6 is 0 Å². The Morgan fingerprint density at radius 1 is 1.60 bits per heavy atom. The molecule has 4 heteroatoms. The maximum Gasteiger partial charge on any atom is 0.312 e. The molecule has 0 unspecified atom stereocenters. The van der Waals surface area contributed by atoms with Crippen LogP contribution in [0.1, 0.15) is 19.3 Å². The first-order valence-electron chi connectivity index (χ1n) is 3.46. The van der Waals surface area contributed by atoms with E-state index in [9.17, 15) is 4.79 Å². The smallest absolute Gasteiger partial charge is 0.312 e. The first kappa shape index (κ1) is 7.34. The van der Waals surface area contributed by atoms with Gasteiger partial charge in [0, 0.05) is 6.54 Å². The lowest BCUT2D eigenvalue weighted by atomic mass is 9.77. The fourth-order valence-electron chi connectivity index (χ4n) is 1.25. The minimum atomic E-state index is -0.467. The number of nitrogens with two attached hydrogens (primary N) is 2. The third-order valence-electron chi connectivity index (χ3n) is 2.09. The minimum absolute atomic E-state index is 0.161. The average molecular weight is 143 g/mol. The standard InChI is InChI=1S/C6H13N3O/c7-4-6(2-1-3-6)9-5(8)10/h1-4,7H2,(H3,8,9,10). The Kier molecular flexibility index (Phi) is 1.80. The highest BCUT2D eigenvalue weighted by atomic mass is 16.2. The van der Waals surface area contributed by atoms with E-state index in [1.165, 1.54) is 0 Å². The molecule has 0 heterocycles. The van der Waals surface area contributed by atoms with Gasteiger partial charge in [0.25, 0.3) is 0 Å². The van der Waals surface area contributed by atoms with Crippen molar-refractivity contribution in [3.05, 3.63) is 0 Å². The van der Waals surface area contributed by atoms with Crippen molar-refractivity contribution in [1.29, 1.82) is 0 Å². The van der Waals surface area contributed by atoms with E-state index >= 15 is 0 Å². The molecule has 2 amide bonds. The van der Waals surface area contributed by atoms with Crippen molar-refractivity contribution < 1.29 is 4.79 Å². The van der Waals surface area contributed by atoms with Crippen molar-refractivity contribution in [1.82, 2.24) is 5.32 Å². The van der Waals surface area contributed by atoms with Gasteiger partial charge in [0.15, 0.2) is 0 Å². The molecule has 1 saturated carbocycles. The summed E-state index contributed by atoms with van der Waals surface area (Å²) < 4.78 is 0. The van der Waals surface area contributed by atoms with Crippen molar-refractivity contribution in [3.63, 3.8) is 0 Å². The van der Waals surface area contributed by atoms with Crippen LogP contribution in [0, 0.1) is 0 Å².